The van der Waals surface area contributed by atoms with Crippen LogP contribution in [0.15, 0.2) is 54.0 Å². The van der Waals surface area contributed by atoms with Crippen molar-refractivity contribution in [3.05, 3.63) is 60.2 Å². The van der Waals surface area contributed by atoms with Gasteiger partial charge in [-0.05, 0) is 61.9 Å². The average Bonchev–Trinajstić information content (AvgIpc) is 3.48. The van der Waals surface area contributed by atoms with Gasteiger partial charge in [0.05, 0.1) is 34.8 Å². The second kappa shape index (κ2) is 9.42. The van der Waals surface area contributed by atoms with Crippen molar-refractivity contribution >= 4 is 22.7 Å². The van der Waals surface area contributed by atoms with Crippen molar-refractivity contribution in [2.24, 2.45) is 23.5 Å². The predicted molar refractivity (Wildman–Crippen MR) is 139 cm³/mol. The van der Waals surface area contributed by atoms with Gasteiger partial charge in [0.15, 0.2) is 0 Å². The minimum Gasteiger partial charge on any atom is -0.508 e. The molecule has 0 atom stereocenters. The molecule has 1 fully saturated rings. The van der Waals surface area contributed by atoms with Crippen molar-refractivity contribution in [2.45, 2.75) is 51.1 Å². The van der Waals surface area contributed by atoms with E-state index in [0.29, 0.717) is 11.9 Å². The number of rotatable bonds is 6. The van der Waals surface area contributed by atoms with Crippen LogP contribution in [0.2, 0.25) is 0 Å². The van der Waals surface area contributed by atoms with Crippen LogP contribution in [-0.4, -0.2) is 42.4 Å². The third-order valence-corrected chi connectivity index (χ3v) is 6.76. The number of nitrogens with two attached hydrogens (primary N) is 2. The molecule has 1 aliphatic carbocycles. The van der Waals surface area contributed by atoms with Crippen LogP contribution in [0.25, 0.3) is 16.6 Å². The van der Waals surface area contributed by atoms with E-state index >= 15 is 0 Å². The van der Waals surface area contributed by atoms with Crippen LogP contribution in [0, 0.1) is 0 Å². The Morgan fingerprint density at radius 1 is 1.11 bits per heavy atom. The number of amidine groups is 1. The fourth-order valence-electron chi connectivity index (χ4n) is 4.75. The van der Waals surface area contributed by atoms with Crippen molar-refractivity contribution in [3.63, 3.8) is 0 Å². The summed E-state index contributed by atoms with van der Waals surface area (Å²) in [5.41, 5.74) is 19.0. The SMILES string of the molecule is CCc1cc(O)ccc1N=C(N)c1cnn2cc(-c3cnn(C)c3)cc2c1NC1CCC(N)CC1. The molecule has 35 heavy (non-hydrogen) atoms. The molecule has 1 aromatic carbocycles. The maximum Gasteiger partial charge on any atom is 0.135 e. The summed E-state index contributed by atoms with van der Waals surface area (Å²) in [7, 11) is 1.90. The molecule has 0 saturated heterocycles. The van der Waals surface area contributed by atoms with Crippen molar-refractivity contribution in [2.75, 3.05) is 5.32 Å². The molecule has 182 valence electrons. The highest BCUT2D eigenvalue weighted by Crippen LogP contribution is 2.32. The zero-order chi connectivity index (χ0) is 24.5. The molecule has 0 spiro atoms. The van der Waals surface area contributed by atoms with E-state index in [1.54, 1.807) is 29.1 Å². The summed E-state index contributed by atoms with van der Waals surface area (Å²) in [6.07, 6.45) is 12.3. The Hall–Kier alpha value is -3.85. The maximum atomic E-state index is 9.86. The minimum atomic E-state index is 0.219. The number of hydrogen-bond acceptors (Lipinski definition) is 6. The first-order valence-corrected chi connectivity index (χ1v) is 12.1. The number of nitrogens with zero attached hydrogens (tertiary/aromatic N) is 5. The Labute approximate surface area is 204 Å². The number of aliphatic imine (C=N–C) groups is 1. The molecule has 0 radical (unpaired) electrons. The van der Waals surface area contributed by atoms with E-state index in [1.807, 2.05) is 37.1 Å². The molecule has 9 nitrogen and oxygen atoms in total. The average molecular weight is 473 g/mol. The third-order valence-electron chi connectivity index (χ3n) is 6.76. The lowest BCUT2D eigenvalue weighted by atomic mass is 9.91. The lowest BCUT2D eigenvalue weighted by Gasteiger charge is -2.28. The zero-order valence-electron chi connectivity index (χ0n) is 20.1. The van der Waals surface area contributed by atoms with Crippen LogP contribution in [-0.2, 0) is 13.5 Å². The van der Waals surface area contributed by atoms with Gasteiger partial charge in [0, 0.05) is 42.7 Å². The monoisotopic (exact) mass is 472 g/mol. The third kappa shape index (κ3) is 4.72. The molecule has 1 aliphatic rings. The van der Waals surface area contributed by atoms with Gasteiger partial charge in [-0.15, -0.1) is 0 Å². The normalized spacial score (nSPS) is 18.8. The van der Waals surface area contributed by atoms with Gasteiger partial charge < -0.3 is 21.9 Å². The van der Waals surface area contributed by atoms with Crippen LogP contribution < -0.4 is 16.8 Å². The summed E-state index contributed by atoms with van der Waals surface area (Å²) in [6, 6.07) is 7.82. The molecule has 3 heterocycles. The predicted octanol–water partition coefficient (Wildman–Crippen LogP) is 3.72. The van der Waals surface area contributed by atoms with Gasteiger partial charge in [0.1, 0.15) is 11.6 Å². The van der Waals surface area contributed by atoms with Gasteiger partial charge in [-0.1, -0.05) is 6.92 Å². The van der Waals surface area contributed by atoms with Gasteiger partial charge in [-0.25, -0.2) is 9.51 Å². The smallest absolute Gasteiger partial charge is 0.135 e. The Morgan fingerprint density at radius 3 is 2.63 bits per heavy atom. The molecule has 4 aromatic rings. The van der Waals surface area contributed by atoms with Crippen molar-refractivity contribution in [1.29, 1.82) is 0 Å². The number of benzene rings is 1. The molecular formula is C26H32N8O. The minimum absolute atomic E-state index is 0.219. The summed E-state index contributed by atoms with van der Waals surface area (Å²) >= 11 is 0. The number of nitrogens with one attached hydrogen (secondary N) is 1. The zero-order valence-corrected chi connectivity index (χ0v) is 20.1. The van der Waals surface area contributed by atoms with Gasteiger partial charge in [0.25, 0.3) is 0 Å². The number of aromatic nitrogens is 4. The molecule has 3 aromatic heterocycles. The molecule has 0 bridgehead atoms. The Morgan fingerprint density at radius 2 is 1.91 bits per heavy atom. The van der Waals surface area contributed by atoms with E-state index in [1.165, 1.54) is 0 Å². The molecule has 5 rings (SSSR count). The summed E-state index contributed by atoms with van der Waals surface area (Å²) in [6.45, 7) is 2.03. The largest absolute Gasteiger partial charge is 0.508 e. The van der Waals surface area contributed by atoms with Crippen LogP contribution in [0.1, 0.15) is 43.7 Å². The number of phenols is 1. The summed E-state index contributed by atoms with van der Waals surface area (Å²) < 4.78 is 3.66. The molecule has 1 saturated carbocycles. The molecular weight excluding hydrogens is 440 g/mol. The van der Waals surface area contributed by atoms with E-state index in [9.17, 15) is 5.11 Å². The second-order valence-corrected chi connectivity index (χ2v) is 9.31. The first-order chi connectivity index (χ1) is 16.9. The van der Waals surface area contributed by atoms with E-state index in [2.05, 4.69) is 21.6 Å². The van der Waals surface area contributed by atoms with Gasteiger partial charge in [0.2, 0.25) is 0 Å². The molecule has 0 amide bonds. The van der Waals surface area contributed by atoms with Crippen molar-refractivity contribution in [1.82, 2.24) is 19.4 Å². The van der Waals surface area contributed by atoms with E-state index in [-0.39, 0.29) is 11.8 Å². The summed E-state index contributed by atoms with van der Waals surface area (Å²) in [4.78, 5) is 4.74. The number of anilines is 1. The van der Waals surface area contributed by atoms with Gasteiger partial charge in [-0.2, -0.15) is 10.2 Å². The second-order valence-electron chi connectivity index (χ2n) is 9.31. The highest BCUT2D eigenvalue weighted by atomic mass is 16.3. The maximum absolute atomic E-state index is 9.86. The molecule has 0 aliphatic heterocycles. The van der Waals surface area contributed by atoms with Crippen LogP contribution in [0.5, 0.6) is 5.75 Å². The Bertz CT molecular complexity index is 1380. The number of fused-ring (bicyclic) bond motifs is 1. The molecule has 9 heteroatoms. The van der Waals surface area contributed by atoms with E-state index in [4.69, 9.17) is 16.5 Å². The van der Waals surface area contributed by atoms with Crippen molar-refractivity contribution in [3.8, 4) is 16.9 Å². The Kier molecular flexibility index (Phi) is 6.17. The highest BCUT2D eigenvalue weighted by molar-refractivity contribution is 6.06. The molecule has 0 unspecified atom stereocenters. The number of hydrogen-bond donors (Lipinski definition) is 4. The number of aryl methyl sites for hydroxylation is 2. The lowest BCUT2D eigenvalue weighted by Crippen LogP contribution is -2.33. The summed E-state index contributed by atoms with van der Waals surface area (Å²) in [5, 5.41) is 22.6. The topological polar surface area (TPSA) is 132 Å². The van der Waals surface area contributed by atoms with E-state index < -0.39 is 0 Å². The summed E-state index contributed by atoms with van der Waals surface area (Å²) in [5.74, 6) is 0.593. The van der Waals surface area contributed by atoms with Crippen molar-refractivity contribution < 1.29 is 5.11 Å². The van der Waals surface area contributed by atoms with Crippen LogP contribution >= 0.6 is 0 Å². The van der Waals surface area contributed by atoms with Gasteiger partial charge >= 0.3 is 0 Å². The van der Waals surface area contributed by atoms with Crippen LogP contribution in [0.3, 0.4) is 0 Å². The lowest BCUT2D eigenvalue weighted by molar-refractivity contribution is 0.411. The standard InChI is InChI=1S/C26H32N8O/c1-3-16-10-21(35)8-9-23(16)32-26(28)22-13-30-34-15-17(18-12-29-33(2)14-18)11-24(34)25(22)31-20-6-4-19(27)5-7-20/h8-15,19-20,31,35H,3-7,27H2,1-2H3,(H2,28,32). The first-order valence-electron chi connectivity index (χ1n) is 12.1. The highest BCUT2D eigenvalue weighted by Gasteiger charge is 2.22. The van der Waals surface area contributed by atoms with Gasteiger partial charge in [-0.3, -0.25) is 4.68 Å². The number of phenolic OH excluding ortho intramolecular Hbond substituents is 1. The number of aromatic hydroxyl groups is 1. The fourth-order valence-corrected chi connectivity index (χ4v) is 4.75. The van der Waals surface area contributed by atoms with Crippen LogP contribution in [0.4, 0.5) is 11.4 Å². The molecule has 6 N–H and O–H groups in total. The van der Waals surface area contributed by atoms with E-state index in [0.717, 1.165) is 71.2 Å². The fraction of sp³-hybridized carbons (Fsp3) is 0.346. The quantitative estimate of drug-likeness (QED) is 0.250. The first kappa shape index (κ1) is 22.9. The Balaban J connectivity index is 1.60.